The van der Waals surface area contributed by atoms with E-state index in [0.29, 0.717) is 22.2 Å². The van der Waals surface area contributed by atoms with Crippen molar-refractivity contribution in [2.75, 3.05) is 20.6 Å². The van der Waals surface area contributed by atoms with Gasteiger partial charge in [-0.05, 0) is 35.1 Å². The van der Waals surface area contributed by atoms with Crippen LogP contribution in [0.15, 0.2) is 29.2 Å². The highest BCUT2D eigenvalue weighted by Gasteiger charge is 2.34. The van der Waals surface area contributed by atoms with E-state index in [-0.39, 0.29) is 29.6 Å². The molecule has 1 aromatic heterocycles. The number of fused-ring (bicyclic) bond motifs is 1. The van der Waals surface area contributed by atoms with Gasteiger partial charge in [0.15, 0.2) is 10.6 Å². The van der Waals surface area contributed by atoms with Crippen LogP contribution < -0.4 is 0 Å². The molecular weight excluding hydrogens is 501 g/mol. The molecule has 0 N–H and O–H groups in total. The molecule has 12 heteroatoms. The van der Waals surface area contributed by atoms with Crippen molar-refractivity contribution in [3.05, 3.63) is 49.3 Å². The first-order valence-electron chi connectivity index (χ1n) is 8.35. The quantitative estimate of drug-likeness (QED) is 0.345. The molecule has 1 aromatic carbocycles. The van der Waals surface area contributed by atoms with Crippen LogP contribution in [-0.2, 0) is 23.1 Å². The van der Waals surface area contributed by atoms with Gasteiger partial charge in [0.1, 0.15) is 0 Å². The average Bonchev–Trinajstić information content (AvgIpc) is 2.82. The number of para-hydroxylation sites is 1. The Morgan fingerprint density at radius 2 is 1.96 bits per heavy atom. The summed E-state index contributed by atoms with van der Waals surface area (Å²) < 4.78 is 29.7. The van der Waals surface area contributed by atoms with Crippen molar-refractivity contribution in [2.24, 2.45) is 0 Å². The molecule has 0 unspecified atom stereocenters. The molecular formula is C16H18IN5O5S. The molecule has 2 heterocycles. The zero-order valence-electron chi connectivity index (χ0n) is 15.2. The van der Waals surface area contributed by atoms with Crippen LogP contribution in [0.2, 0.25) is 0 Å². The maximum Gasteiger partial charge on any atom is 0.289 e. The molecule has 0 saturated carbocycles. The van der Waals surface area contributed by atoms with E-state index in [4.69, 9.17) is 0 Å². The number of nitrogens with zero attached hydrogens (tertiary/aromatic N) is 5. The van der Waals surface area contributed by atoms with Gasteiger partial charge in [-0.2, -0.15) is 9.40 Å². The van der Waals surface area contributed by atoms with Crippen LogP contribution in [0.1, 0.15) is 22.6 Å². The molecule has 1 aliphatic heterocycles. The fourth-order valence-electron chi connectivity index (χ4n) is 2.97. The molecule has 2 aromatic rings. The number of hydrogen-bond donors (Lipinski definition) is 0. The molecule has 1 amide bonds. The third-order valence-corrected chi connectivity index (χ3v) is 7.41. The number of nitro groups is 1. The summed E-state index contributed by atoms with van der Waals surface area (Å²) >= 11 is 1.99. The molecule has 0 spiro atoms. The first kappa shape index (κ1) is 20.7. The minimum absolute atomic E-state index is 0.0135. The molecule has 150 valence electrons. The van der Waals surface area contributed by atoms with Crippen LogP contribution in [0.25, 0.3) is 0 Å². The second kappa shape index (κ2) is 7.75. The number of amides is 1. The first-order chi connectivity index (χ1) is 13.1. The van der Waals surface area contributed by atoms with E-state index >= 15 is 0 Å². The van der Waals surface area contributed by atoms with Gasteiger partial charge in [0.2, 0.25) is 10.0 Å². The summed E-state index contributed by atoms with van der Waals surface area (Å²) in [6, 6.07) is 5.30. The van der Waals surface area contributed by atoms with E-state index in [1.807, 2.05) is 22.6 Å². The molecule has 0 fully saturated rings. The second-order valence-electron chi connectivity index (χ2n) is 6.45. The summed E-state index contributed by atoms with van der Waals surface area (Å²) in [7, 11) is -0.857. The van der Waals surface area contributed by atoms with E-state index in [1.54, 1.807) is 18.8 Å². The predicted molar refractivity (Wildman–Crippen MR) is 108 cm³/mol. The third-order valence-electron chi connectivity index (χ3n) is 4.39. The Labute approximate surface area is 175 Å². The lowest BCUT2D eigenvalue weighted by Crippen LogP contribution is -2.31. The Balaban J connectivity index is 2.03. The van der Waals surface area contributed by atoms with Gasteiger partial charge in [-0.1, -0.05) is 12.1 Å². The summed E-state index contributed by atoms with van der Waals surface area (Å²) in [6.45, 7) is 0.639. The lowest BCUT2D eigenvalue weighted by molar-refractivity contribution is -0.387. The average molecular weight is 519 g/mol. The number of sulfonamides is 1. The largest absolute Gasteiger partial charge is 0.343 e. The monoisotopic (exact) mass is 519 g/mol. The minimum atomic E-state index is -4.10. The van der Waals surface area contributed by atoms with Gasteiger partial charge in [0.05, 0.1) is 20.7 Å². The van der Waals surface area contributed by atoms with Crippen LogP contribution in [0.3, 0.4) is 0 Å². The van der Waals surface area contributed by atoms with Crippen molar-refractivity contribution in [3.63, 3.8) is 0 Å². The Kier molecular flexibility index (Phi) is 5.72. The van der Waals surface area contributed by atoms with Gasteiger partial charge in [-0.3, -0.25) is 19.6 Å². The SMILES string of the molecule is CN(C)C(=O)c1nn2c(c1I)CN(S(=O)(=O)c1ccccc1[N+](=O)[O-])CCC2. The van der Waals surface area contributed by atoms with Crippen LogP contribution >= 0.6 is 22.6 Å². The maximum atomic E-state index is 13.1. The molecule has 28 heavy (non-hydrogen) atoms. The van der Waals surface area contributed by atoms with E-state index in [0.717, 1.165) is 0 Å². The van der Waals surface area contributed by atoms with Crippen LogP contribution in [0, 0.1) is 13.7 Å². The van der Waals surface area contributed by atoms with Gasteiger partial charge < -0.3 is 4.90 Å². The van der Waals surface area contributed by atoms with Gasteiger partial charge in [0.25, 0.3) is 11.6 Å². The lowest BCUT2D eigenvalue weighted by atomic mass is 10.3. The van der Waals surface area contributed by atoms with Crippen LogP contribution in [0.4, 0.5) is 5.69 Å². The number of rotatable bonds is 4. The van der Waals surface area contributed by atoms with E-state index in [2.05, 4.69) is 5.10 Å². The molecule has 0 aliphatic carbocycles. The third kappa shape index (κ3) is 3.63. The number of aromatic nitrogens is 2. The topological polar surface area (TPSA) is 119 Å². The van der Waals surface area contributed by atoms with Crippen molar-refractivity contribution >= 4 is 44.2 Å². The van der Waals surface area contributed by atoms with Gasteiger partial charge >= 0.3 is 0 Å². The number of halogens is 1. The summed E-state index contributed by atoms with van der Waals surface area (Å²) in [6.07, 6.45) is 0.472. The Hall–Kier alpha value is -2.06. The summed E-state index contributed by atoms with van der Waals surface area (Å²) in [5, 5.41) is 15.6. The Morgan fingerprint density at radius 3 is 2.61 bits per heavy atom. The number of aryl methyl sites for hydroxylation is 1. The number of benzene rings is 1. The van der Waals surface area contributed by atoms with E-state index in [9.17, 15) is 23.3 Å². The van der Waals surface area contributed by atoms with Crippen LogP contribution in [-0.4, -0.2) is 58.9 Å². The number of hydrogen-bond acceptors (Lipinski definition) is 6. The van der Waals surface area contributed by atoms with Gasteiger partial charge in [-0.25, -0.2) is 8.42 Å². The molecule has 3 rings (SSSR count). The molecule has 0 saturated heterocycles. The van der Waals surface area contributed by atoms with Crippen molar-refractivity contribution in [1.82, 2.24) is 19.0 Å². The fourth-order valence-corrected chi connectivity index (χ4v) is 5.36. The highest BCUT2D eigenvalue weighted by atomic mass is 127. The molecule has 1 aliphatic rings. The van der Waals surface area contributed by atoms with Gasteiger partial charge in [0, 0.05) is 33.3 Å². The van der Waals surface area contributed by atoms with Gasteiger partial charge in [-0.15, -0.1) is 0 Å². The van der Waals surface area contributed by atoms with E-state index in [1.165, 1.54) is 33.5 Å². The predicted octanol–water partition coefficient (Wildman–Crippen LogP) is 1.69. The van der Waals surface area contributed by atoms with Crippen molar-refractivity contribution in [2.45, 2.75) is 24.4 Å². The van der Waals surface area contributed by atoms with Crippen molar-refractivity contribution in [3.8, 4) is 0 Å². The smallest absolute Gasteiger partial charge is 0.289 e. The summed E-state index contributed by atoms with van der Waals surface area (Å²) in [5.41, 5.74) is 0.412. The molecule has 10 nitrogen and oxygen atoms in total. The normalized spacial score (nSPS) is 15.0. The zero-order chi connectivity index (χ0) is 20.6. The Morgan fingerprint density at radius 1 is 1.29 bits per heavy atom. The second-order valence-corrected chi connectivity index (χ2v) is 9.43. The maximum absolute atomic E-state index is 13.1. The molecule has 0 radical (unpaired) electrons. The lowest BCUT2D eigenvalue weighted by Gasteiger charge is -2.20. The van der Waals surface area contributed by atoms with E-state index < -0.39 is 20.6 Å². The van der Waals surface area contributed by atoms with Crippen molar-refractivity contribution in [1.29, 1.82) is 0 Å². The standard InChI is InChI=1S/C16H18IN5O5S/c1-19(2)16(23)15-14(17)12-10-20(8-5-9-21(12)18-15)28(26,27)13-7-4-3-6-11(13)22(24)25/h3-4,6-7H,5,8-10H2,1-2H3. The number of nitro benzene ring substituents is 1. The molecule has 0 bridgehead atoms. The highest BCUT2D eigenvalue weighted by molar-refractivity contribution is 14.1. The fraction of sp³-hybridized carbons (Fsp3) is 0.375. The summed E-state index contributed by atoms with van der Waals surface area (Å²) in [4.78, 5) is 24.0. The number of carbonyl (C=O) groups excluding carboxylic acids is 1. The molecule has 0 atom stereocenters. The minimum Gasteiger partial charge on any atom is -0.343 e. The first-order valence-corrected chi connectivity index (χ1v) is 10.9. The highest BCUT2D eigenvalue weighted by Crippen LogP contribution is 2.30. The summed E-state index contributed by atoms with van der Waals surface area (Å²) in [5.74, 6) is -0.266. The van der Waals surface area contributed by atoms with Crippen LogP contribution in [0.5, 0.6) is 0 Å². The number of carbonyl (C=O) groups is 1. The van der Waals surface area contributed by atoms with Crippen molar-refractivity contribution < 1.29 is 18.1 Å². The zero-order valence-corrected chi connectivity index (χ0v) is 18.2. The Bertz CT molecular complexity index is 1050.